The van der Waals surface area contributed by atoms with E-state index in [1.165, 1.54) is 11.4 Å². The minimum atomic E-state index is 0.712. The summed E-state index contributed by atoms with van der Waals surface area (Å²) in [6, 6.07) is 0. The van der Waals surface area contributed by atoms with E-state index in [0.717, 1.165) is 9.83 Å². The lowest BCUT2D eigenvalue weighted by molar-refractivity contribution is 0.879. The predicted octanol–water partition coefficient (Wildman–Crippen LogP) is 2.42. The zero-order chi connectivity index (χ0) is 7.14. The minimum Gasteiger partial charge on any atom is -0.142 e. The molecule has 0 bridgehead atoms. The molecule has 0 N–H and O–H groups in total. The van der Waals surface area contributed by atoms with Crippen molar-refractivity contribution in [2.75, 3.05) is 0 Å². The monoisotopic (exact) mass is 218 g/mol. The van der Waals surface area contributed by atoms with E-state index in [1.54, 1.807) is 11.3 Å². The molecule has 1 aliphatic rings. The van der Waals surface area contributed by atoms with Crippen molar-refractivity contribution in [2.24, 2.45) is 5.92 Å². The third-order valence-electron chi connectivity index (χ3n) is 1.84. The first-order chi connectivity index (χ1) is 4.77. The Morgan fingerprint density at radius 1 is 1.60 bits per heavy atom. The van der Waals surface area contributed by atoms with Gasteiger partial charge in [0, 0.05) is 5.92 Å². The number of rotatable bonds is 1. The standard InChI is InChI=1S/C6H7BrN2S/c1-3-2-4(3)5-8-9-6(7)10-5/h3-4H,2H2,1H3. The molecule has 1 fully saturated rings. The molecule has 2 atom stereocenters. The molecule has 1 heterocycles. The van der Waals surface area contributed by atoms with Crippen molar-refractivity contribution in [3.63, 3.8) is 0 Å². The van der Waals surface area contributed by atoms with Crippen molar-refractivity contribution in [1.29, 1.82) is 0 Å². The molecular weight excluding hydrogens is 212 g/mol. The summed E-state index contributed by atoms with van der Waals surface area (Å²) in [6.07, 6.45) is 1.29. The number of hydrogen-bond donors (Lipinski definition) is 0. The van der Waals surface area contributed by atoms with Crippen molar-refractivity contribution in [3.05, 3.63) is 8.92 Å². The third kappa shape index (κ3) is 1.10. The molecular formula is C6H7BrN2S. The van der Waals surface area contributed by atoms with Crippen molar-refractivity contribution in [2.45, 2.75) is 19.3 Å². The van der Waals surface area contributed by atoms with E-state index in [1.807, 2.05) is 0 Å². The van der Waals surface area contributed by atoms with Crippen LogP contribution in [0.4, 0.5) is 0 Å². The Balaban J connectivity index is 2.20. The van der Waals surface area contributed by atoms with Gasteiger partial charge in [-0.3, -0.25) is 0 Å². The fourth-order valence-electron chi connectivity index (χ4n) is 1.03. The topological polar surface area (TPSA) is 25.8 Å². The molecule has 2 rings (SSSR count). The summed E-state index contributed by atoms with van der Waals surface area (Å²) in [4.78, 5) is 0. The summed E-state index contributed by atoms with van der Waals surface area (Å²) in [5.41, 5.74) is 0. The van der Waals surface area contributed by atoms with Crippen LogP contribution in [0.1, 0.15) is 24.3 Å². The van der Waals surface area contributed by atoms with Gasteiger partial charge in [-0.05, 0) is 28.3 Å². The zero-order valence-electron chi connectivity index (χ0n) is 5.54. The fourth-order valence-corrected chi connectivity index (χ4v) is 2.42. The van der Waals surface area contributed by atoms with Crippen molar-refractivity contribution < 1.29 is 0 Å². The van der Waals surface area contributed by atoms with Gasteiger partial charge in [0.15, 0.2) is 3.92 Å². The second kappa shape index (κ2) is 2.27. The van der Waals surface area contributed by atoms with E-state index in [2.05, 4.69) is 33.1 Å². The normalized spacial score (nSPS) is 30.6. The lowest BCUT2D eigenvalue weighted by Crippen LogP contribution is -1.77. The maximum atomic E-state index is 4.05. The summed E-state index contributed by atoms with van der Waals surface area (Å²) in [6.45, 7) is 2.25. The molecule has 0 aromatic carbocycles. The van der Waals surface area contributed by atoms with Gasteiger partial charge in [-0.2, -0.15) is 0 Å². The van der Waals surface area contributed by atoms with E-state index in [-0.39, 0.29) is 0 Å². The quantitative estimate of drug-likeness (QED) is 0.724. The molecule has 0 saturated heterocycles. The summed E-state index contributed by atoms with van der Waals surface area (Å²) in [7, 11) is 0. The van der Waals surface area contributed by atoms with Crippen LogP contribution in [0.2, 0.25) is 0 Å². The van der Waals surface area contributed by atoms with E-state index < -0.39 is 0 Å². The van der Waals surface area contributed by atoms with Crippen molar-refractivity contribution in [1.82, 2.24) is 10.2 Å². The SMILES string of the molecule is CC1CC1c1nnc(Br)s1. The van der Waals surface area contributed by atoms with E-state index in [9.17, 15) is 0 Å². The second-order valence-corrected chi connectivity index (χ2v) is 5.00. The Bertz CT molecular complexity index is 248. The van der Waals surface area contributed by atoms with Crippen LogP contribution in [-0.4, -0.2) is 10.2 Å². The Morgan fingerprint density at radius 3 is 2.70 bits per heavy atom. The zero-order valence-corrected chi connectivity index (χ0v) is 7.94. The van der Waals surface area contributed by atoms with Crippen LogP contribution in [0.3, 0.4) is 0 Å². The van der Waals surface area contributed by atoms with Crippen LogP contribution in [-0.2, 0) is 0 Å². The predicted molar refractivity (Wildman–Crippen MR) is 44.1 cm³/mol. The maximum absolute atomic E-state index is 4.05. The smallest absolute Gasteiger partial charge is 0.142 e. The van der Waals surface area contributed by atoms with Gasteiger partial charge < -0.3 is 0 Å². The highest BCUT2D eigenvalue weighted by atomic mass is 79.9. The molecule has 0 amide bonds. The van der Waals surface area contributed by atoms with E-state index in [4.69, 9.17) is 0 Å². The maximum Gasteiger partial charge on any atom is 0.183 e. The lowest BCUT2D eigenvalue weighted by Gasteiger charge is -1.82. The first kappa shape index (κ1) is 6.73. The Labute approximate surface area is 71.8 Å². The summed E-state index contributed by atoms with van der Waals surface area (Å²) in [5, 5.41) is 9.14. The molecule has 2 unspecified atom stereocenters. The molecule has 0 radical (unpaired) electrons. The summed E-state index contributed by atoms with van der Waals surface area (Å²) >= 11 is 4.95. The number of aromatic nitrogens is 2. The molecule has 1 aromatic rings. The van der Waals surface area contributed by atoms with Gasteiger partial charge in [0.05, 0.1) is 0 Å². The number of halogens is 1. The molecule has 4 heteroatoms. The molecule has 1 aromatic heterocycles. The van der Waals surface area contributed by atoms with E-state index >= 15 is 0 Å². The molecule has 0 spiro atoms. The van der Waals surface area contributed by atoms with Gasteiger partial charge in [-0.25, -0.2) is 0 Å². The Kier molecular flexibility index (Phi) is 1.53. The van der Waals surface area contributed by atoms with Crippen molar-refractivity contribution in [3.8, 4) is 0 Å². The van der Waals surface area contributed by atoms with Crippen LogP contribution in [0.5, 0.6) is 0 Å². The van der Waals surface area contributed by atoms with Crippen LogP contribution in [0.25, 0.3) is 0 Å². The number of hydrogen-bond acceptors (Lipinski definition) is 3. The summed E-state index contributed by atoms with van der Waals surface area (Å²) in [5.74, 6) is 1.55. The first-order valence-corrected chi connectivity index (χ1v) is 4.87. The highest BCUT2D eigenvalue weighted by Crippen LogP contribution is 2.48. The van der Waals surface area contributed by atoms with Crippen LogP contribution in [0.15, 0.2) is 3.92 Å². The van der Waals surface area contributed by atoms with Crippen LogP contribution in [0, 0.1) is 5.92 Å². The van der Waals surface area contributed by atoms with Crippen molar-refractivity contribution >= 4 is 27.3 Å². The average Bonchev–Trinajstić information content (AvgIpc) is 2.42. The highest BCUT2D eigenvalue weighted by Gasteiger charge is 2.36. The molecule has 1 saturated carbocycles. The van der Waals surface area contributed by atoms with Gasteiger partial charge >= 0.3 is 0 Å². The first-order valence-electron chi connectivity index (χ1n) is 3.26. The van der Waals surface area contributed by atoms with Crippen LogP contribution < -0.4 is 0 Å². The Morgan fingerprint density at radius 2 is 2.30 bits per heavy atom. The van der Waals surface area contributed by atoms with Gasteiger partial charge in [0.1, 0.15) is 5.01 Å². The molecule has 1 aliphatic carbocycles. The lowest BCUT2D eigenvalue weighted by atomic mass is 10.4. The van der Waals surface area contributed by atoms with Gasteiger partial charge in [0.2, 0.25) is 0 Å². The largest absolute Gasteiger partial charge is 0.183 e. The van der Waals surface area contributed by atoms with Gasteiger partial charge in [0.25, 0.3) is 0 Å². The second-order valence-electron chi connectivity index (χ2n) is 2.71. The molecule has 0 aliphatic heterocycles. The van der Waals surface area contributed by atoms with Crippen LogP contribution >= 0.6 is 27.3 Å². The molecule has 2 nitrogen and oxygen atoms in total. The minimum absolute atomic E-state index is 0.712. The Hall–Kier alpha value is 0.0400. The van der Waals surface area contributed by atoms with Gasteiger partial charge in [-0.1, -0.05) is 18.3 Å². The van der Waals surface area contributed by atoms with E-state index in [0.29, 0.717) is 5.92 Å². The third-order valence-corrected chi connectivity index (χ3v) is 3.33. The fraction of sp³-hybridized carbons (Fsp3) is 0.667. The summed E-state index contributed by atoms with van der Waals surface area (Å²) < 4.78 is 0.904. The molecule has 10 heavy (non-hydrogen) atoms. The number of nitrogens with zero attached hydrogens (tertiary/aromatic N) is 2. The molecule has 54 valence electrons. The highest BCUT2D eigenvalue weighted by molar-refractivity contribution is 9.11. The average molecular weight is 219 g/mol. The van der Waals surface area contributed by atoms with Gasteiger partial charge in [-0.15, -0.1) is 10.2 Å².